The van der Waals surface area contributed by atoms with Gasteiger partial charge in [0.25, 0.3) is 0 Å². The summed E-state index contributed by atoms with van der Waals surface area (Å²) in [5.41, 5.74) is 5.36. The van der Waals surface area contributed by atoms with Crippen LogP contribution in [0.5, 0.6) is 0 Å². The Morgan fingerprint density at radius 3 is 1.96 bits per heavy atom. The first-order valence-corrected chi connectivity index (χ1v) is 9.97. The standard InChI is InChI=1S/C26H24N2/c1-18-20-8-2-4-11-23(20)25(24-12-5-3-9-21(18)24)17-27-15-14-19-16-28-26-13-7-6-10-22(19)26/h2-13,16,27-28H,14-15,17H2,1H3. The molecule has 0 saturated heterocycles. The van der Waals surface area contributed by atoms with E-state index in [0.717, 1.165) is 19.5 Å². The number of benzene rings is 4. The van der Waals surface area contributed by atoms with Gasteiger partial charge in [0.1, 0.15) is 0 Å². The van der Waals surface area contributed by atoms with Crippen molar-refractivity contribution in [1.29, 1.82) is 0 Å². The first kappa shape index (κ1) is 17.0. The topological polar surface area (TPSA) is 27.8 Å². The number of para-hydroxylation sites is 1. The third kappa shape index (κ3) is 2.87. The molecule has 2 heteroatoms. The molecule has 1 aromatic heterocycles. The van der Waals surface area contributed by atoms with Crippen LogP contribution in [0.25, 0.3) is 32.4 Å². The largest absolute Gasteiger partial charge is 0.361 e. The molecule has 4 aromatic carbocycles. The molecule has 0 aliphatic heterocycles. The van der Waals surface area contributed by atoms with Crippen molar-refractivity contribution in [3.8, 4) is 0 Å². The average Bonchev–Trinajstić information content (AvgIpc) is 3.16. The zero-order valence-corrected chi connectivity index (χ0v) is 16.1. The normalized spacial score (nSPS) is 11.6. The average molecular weight is 364 g/mol. The Kier molecular flexibility index (Phi) is 4.34. The zero-order valence-electron chi connectivity index (χ0n) is 16.1. The molecular weight excluding hydrogens is 340 g/mol. The van der Waals surface area contributed by atoms with Crippen molar-refractivity contribution in [2.24, 2.45) is 0 Å². The van der Waals surface area contributed by atoms with Gasteiger partial charge in [-0.3, -0.25) is 0 Å². The van der Waals surface area contributed by atoms with Crippen molar-refractivity contribution in [2.45, 2.75) is 19.9 Å². The Bertz CT molecular complexity index is 1220. The monoisotopic (exact) mass is 364 g/mol. The molecule has 2 nitrogen and oxygen atoms in total. The van der Waals surface area contributed by atoms with Crippen LogP contribution in [-0.2, 0) is 13.0 Å². The summed E-state index contributed by atoms with van der Waals surface area (Å²) in [6.07, 6.45) is 3.16. The van der Waals surface area contributed by atoms with E-state index in [4.69, 9.17) is 0 Å². The molecule has 0 radical (unpaired) electrons. The maximum Gasteiger partial charge on any atom is 0.0456 e. The van der Waals surface area contributed by atoms with Crippen LogP contribution in [0.3, 0.4) is 0 Å². The van der Waals surface area contributed by atoms with Gasteiger partial charge in [0, 0.05) is 23.6 Å². The van der Waals surface area contributed by atoms with Gasteiger partial charge in [-0.15, -0.1) is 0 Å². The molecule has 0 aliphatic rings. The van der Waals surface area contributed by atoms with Gasteiger partial charge >= 0.3 is 0 Å². The molecule has 0 fully saturated rings. The van der Waals surface area contributed by atoms with E-state index in [1.807, 2.05) is 0 Å². The summed E-state index contributed by atoms with van der Waals surface area (Å²) in [5.74, 6) is 0. The number of aromatic amines is 1. The Morgan fingerprint density at radius 1 is 0.714 bits per heavy atom. The van der Waals surface area contributed by atoms with Crippen molar-refractivity contribution in [1.82, 2.24) is 10.3 Å². The lowest BCUT2D eigenvalue weighted by molar-refractivity contribution is 0.694. The quantitative estimate of drug-likeness (QED) is 0.285. The molecule has 138 valence electrons. The first-order chi connectivity index (χ1) is 13.8. The van der Waals surface area contributed by atoms with E-state index in [9.17, 15) is 0 Å². The highest BCUT2D eigenvalue weighted by Crippen LogP contribution is 2.32. The second-order valence-electron chi connectivity index (χ2n) is 7.48. The molecule has 0 saturated carbocycles. The third-order valence-corrected chi connectivity index (χ3v) is 5.86. The summed E-state index contributed by atoms with van der Waals surface area (Å²) >= 11 is 0. The molecule has 0 unspecified atom stereocenters. The number of H-pyrrole nitrogens is 1. The molecule has 1 heterocycles. The zero-order chi connectivity index (χ0) is 18.9. The number of nitrogens with one attached hydrogen (secondary N) is 2. The maximum atomic E-state index is 3.69. The van der Waals surface area contributed by atoms with Crippen LogP contribution in [0.1, 0.15) is 16.7 Å². The molecular formula is C26H24N2. The predicted molar refractivity (Wildman–Crippen MR) is 120 cm³/mol. The minimum Gasteiger partial charge on any atom is -0.361 e. The van der Waals surface area contributed by atoms with Crippen LogP contribution in [0, 0.1) is 6.92 Å². The molecule has 0 aliphatic carbocycles. The molecule has 2 N–H and O–H groups in total. The van der Waals surface area contributed by atoms with Crippen molar-refractivity contribution < 1.29 is 0 Å². The van der Waals surface area contributed by atoms with E-state index in [2.05, 4.69) is 96.2 Å². The molecule has 5 aromatic rings. The van der Waals surface area contributed by atoms with E-state index in [1.54, 1.807) is 0 Å². The van der Waals surface area contributed by atoms with Crippen molar-refractivity contribution in [3.05, 3.63) is 95.7 Å². The fourth-order valence-corrected chi connectivity index (χ4v) is 4.40. The minimum absolute atomic E-state index is 0.879. The highest BCUT2D eigenvalue weighted by atomic mass is 14.8. The van der Waals surface area contributed by atoms with E-state index < -0.39 is 0 Å². The van der Waals surface area contributed by atoms with E-state index >= 15 is 0 Å². The van der Waals surface area contributed by atoms with E-state index in [-0.39, 0.29) is 0 Å². The number of aryl methyl sites for hydroxylation is 1. The lowest BCUT2D eigenvalue weighted by Gasteiger charge is -2.15. The fourth-order valence-electron chi connectivity index (χ4n) is 4.40. The fraction of sp³-hybridized carbons (Fsp3) is 0.154. The van der Waals surface area contributed by atoms with Crippen LogP contribution in [-0.4, -0.2) is 11.5 Å². The number of fused-ring (bicyclic) bond motifs is 3. The van der Waals surface area contributed by atoms with Crippen LogP contribution >= 0.6 is 0 Å². The van der Waals surface area contributed by atoms with Gasteiger partial charge in [-0.2, -0.15) is 0 Å². The number of aromatic nitrogens is 1. The van der Waals surface area contributed by atoms with Gasteiger partial charge in [-0.1, -0.05) is 66.7 Å². The summed E-state index contributed by atoms with van der Waals surface area (Å²) in [6, 6.07) is 26.1. The van der Waals surface area contributed by atoms with Gasteiger partial charge in [-0.05, 0) is 64.2 Å². The van der Waals surface area contributed by atoms with E-state index in [1.165, 1.54) is 49.1 Å². The van der Waals surface area contributed by atoms with Gasteiger partial charge < -0.3 is 10.3 Å². The Morgan fingerprint density at radius 2 is 1.29 bits per heavy atom. The van der Waals surface area contributed by atoms with E-state index in [0.29, 0.717) is 0 Å². The molecule has 0 bridgehead atoms. The lowest BCUT2D eigenvalue weighted by atomic mass is 9.92. The molecule has 0 spiro atoms. The van der Waals surface area contributed by atoms with Crippen molar-refractivity contribution in [2.75, 3.05) is 6.54 Å². The summed E-state index contributed by atoms with van der Waals surface area (Å²) in [7, 11) is 0. The van der Waals surface area contributed by atoms with Gasteiger partial charge in [-0.25, -0.2) is 0 Å². The molecule has 28 heavy (non-hydrogen) atoms. The van der Waals surface area contributed by atoms with Gasteiger partial charge in [0.15, 0.2) is 0 Å². The van der Waals surface area contributed by atoms with Gasteiger partial charge in [0.2, 0.25) is 0 Å². The number of hydrogen-bond donors (Lipinski definition) is 2. The highest BCUT2D eigenvalue weighted by Gasteiger charge is 2.10. The smallest absolute Gasteiger partial charge is 0.0456 e. The van der Waals surface area contributed by atoms with Crippen LogP contribution < -0.4 is 5.32 Å². The Balaban J connectivity index is 1.42. The molecule has 0 amide bonds. The number of rotatable bonds is 5. The van der Waals surface area contributed by atoms with Gasteiger partial charge in [0.05, 0.1) is 0 Å². The van der Waals surface area contributed by atoms with Crippen molar-refractivity contribution in [3.63, 3.8) is 0 Å². The Hall–Kier alpha value is -3.10. The first-order valence-electron chi connectivity index (χ1n) is 9.97. The lowest BCUT2D eigenvalue weighted by Crippen LogP contribution is -2.17. The highest BCUT2D eigenvalue weighted by molar-refractivity contribution is 6.05. The maximum absolute atomic E-state index is 3.69. The SMILES string of the molecule is Cc1c2ccccc2c(CNCCc2c[nH]c3ccccc23)c2ccccc12. The number of hydrogen-bond acceptors (Lipinski definition) is 1. The molecule has 5 rings (SSSR count). The second kappa shape index (κ2) is 7.14. The van der Waals surface area contributed by atoms with Crippen LogP contribution in [0.15, 0.2) is 79.0 Å². The summed E-state index contributed by atoms with van der Waals surface area (Å²) in [4.78, 5) is 3.37. The van der Waals surface area contributed by atoms with Crippen LogP contribution in [0.4, 0.5) is 0 Å². The second-order valence-corrected chi connectivity index (χ2v) is 7.48. The summed E-state index contributed by atoms with van der Waals surface area (Å²) in [6.45, 7) is 4.07. The summed E-state index contributed by atoms with van der Waals surface area (Å²) < 4.78 is 0. The predicted octanol–water partition coefficient (Wildman–Crippen LogP) is 6.12. The third-order valence-electron chi connectivity index (χ3n) is 5.86. The Labute approximate surface area is 165 Å². The summed E-state index contributed by atoms with van der Waals surface area (Å²) in [5, 5.41) is 10.5. The van der Waals surface area contributed by atoms with Crippen molar-refractivity contribution >= 4 is 32.4 Å². The molecule has 0 atom stereocenters. The minimum atomic E-state index is 0.879. The van der Waals surface area contributed by atoms with Crippen LogP contribution in [0.2, 0.25) is 0 Å².